The van der Waals surface area contributed by atoms with Crippen molar-refractivity contribution in [3.05, 3.63) is 23.8 Å². The number of oxime groups is 1. The SMILES string of the molecule is CC(C)CN(CC/C(N)=N/O)C(=O)c1cc(O)ccc1O. The van der Waals surface area contributed by atoms with Crippen LogP contribution in [-0.2, 0) is 0 Å². The minimum atomic E-state index is -0.414. The number of carbonyl (C=O) groups excluding carboxylic acids is 1. The number of rotatable bonds is 6. The van der Waals surface area contributed by atoms with Gasteiger partial charge in [0.25, 0.3) is 5.91 Å². The highest BCUT2D eigenvalue weighted by Gasteiger charge is 2.20. The number of amides is 1. The lowest BCUT2D eigenvalue weighted by molar-refractivity contribution is 0.0737. The summed E-state index contributed by atoms with van der Waals surface area (Å²) >= 11 is 0. The molecule has 1 amide bonds. The van der Waals surface area contributed by atoms with Gasteiger partial charge in [0, 0.05) is 19.5 Å². The smallest absolute Gasteiger partial charge is 0.257 e. The van der Waals surface area contributed by atoms with Crippen LogP contribution < -0.4 is 5.73 Å². The third kappa shape index (κ3) is 4.87. The normalized spacial score (nSPS) is 11.7. The molecule has 0 fully saturated rings. The quantitative estimate of drug-likeness (QED) is 0.207. The number of aromatic hydroxyl groups is 2. The molecular weight excluding hydrogens is 274 g/mol. The summed E-state index contributed by atoms with van der Waals surface area (Å²) < 4.78 is 0. The van der Waals surface area contributed by atoms with Crippen LogP contribution in [0.15, 0.2) is 23.4 Å². The molecule has 0 heterocycles. The summed E-state index contributed by atoms with van der Waals surface area (Å²) in [6.45, 7) is 4.60. The first kappa shape index (κ1) is 16.6. The zero-order valence-electron chi connectivity index (χ0n) is 12.2. The number of benzene rings is 1. The first-order valence-corrected chi connectivity index (χ1v) is 6.62. The lowest BCUT2D eigenvalue weighted by Crippen LogP contribution is -2.36. The second kappa shape index (κ2) is 7.37. The molecule has 1 aromatic rings. The van der Waals surface area contributed by atoms with E-state index in [0.29, 0.717) is 6.54 Å². The zero-order valence-corrected chi connectivity index (χ0v) is 12.2. The van der Waals surface area contributed by atoms with Gasteiger partial charge in [-0.05, 0) is 24.1 Å². The molecule has 21 heavy (non-hydrogen) atoms. The van der Waals surface area contributed by atoms with E-state index in [-0.39, 0.29) is 41.8 Å². The Hall–Kier alpha value is -2.44. The Morgan fingerprint density at radius 3 is 2.62 bits per heavy atom. The number of hydrogen-bond donors (Lipinski definition) is 4. The number of nitrogens with zero attached hydrogens (tertiary/aromatic N) is 2. The second-order valence-corrected chi connectivity index (χ2v) is 5.19. The van der Waals surface area contributed by atoms with Crippen LogP contribution in [0, 0.1) is 5.92 Å². The lowest BCUT2D eigenvalue weighted by atomic mass is 10.1. The monoisotopic (exact) mass is 295 g/mol. The summed E-state index contributed by atoms with van der Waals surface area (Å²) in [5.41, 5.74) is 5.44. The Labute approximate surface area is 123 Å². The van der Waals surface area contributed by atoms with E-state index in [0.717, 1.165) is 0 Å². The van der Waals surface area contributed by atoms with Gasteiger partial charge < -0.3 is 26.1 Å². The van der Waals surface area contributed by atoms with Gasteiger partial charge >= 0.3 is 0 Å². The number of amidine groups is 1. The van der Waals surface area contributed by atoms with Crippen molar-refractivity contribution in [1.29, 1.82) is 0 Å². The standard InChI is InChI=1S/C14H21N3O4/c1-9(2)8-17(6-5-13(15)16-21)14(20)11-7-10(18)3-4-12(11)19/h3-4,7,9,18-19,21H,5-6,8H2,1-2H3,(H2,15,16). The van der Waals surface area contributed by atoms with Gasteiger partial charge in [-0.1, -0.05) is 19.0 Å². The molecule has 0 unspecified atom stereocenters. The minimum Gasteiger partial charge on any atom is -0.508 e. The summed E-state index contributed by atoms with van der Waals surface area (Å²) in [5.74, 6) is -0.479. The second-order valence-electron chi connectivity index (χ2n) is 5.19. The predicted octanol–water partition coefficient (Wildman–Crippen LogP) is 1.33. The Bertz CT molecular complexity index is 529. The Kier molecular flexibility index (Phi) is 5.83. The largest absolute Gasteiger partial charge is 0.508 e. The molecule has 0 atom stereocenters. The van der Waals surface area contributed by atoms with Gasteiger partial charge in [-0.25, -0.2) is 0 Å². The molecule has 0 radical (unpaired) electrons. The van der Waals surface area contributed by atoms with Gasteiger partial charge in [-0.2, -0.15) is 0 Å². The van der Waals surface area contributed by atoms with Gasteiger partial charge in [0.15, 0.2) is 0 Å². The third-order valence-corrected chi connectivity index (χ3v) is 2.85. The van der Waals surface area contributed by atoms with E-state index in [2.05, 4.69) is 5.16 Å². The molecular formula is C14H21N3O4. The number of phenolic OH excluding ortho intramolecular Hbond substituents is 2. The van der Waals surface area contributed by atoms with E-state index in [4.69, 9.17) is 10.9 Å². The molecule has 0 saturated carbocycles. The summed E-state index contributed by atoms with van der Waals surface area (Å²) in [5, 5.41) is 30.6. The average Bonchev–Trinajstić information content (AvgIpc) is 2.44. The molecule has 0 spiro atoms. The van der Waals surface area contributed by atoms with Crippen molar-refractivity contribution in [2.24, 2.45) is 16.8 Å². The number of nitrogens with two attached hydrogens (primary N) is 1. The minimum absolute atomic E-state index is 0.0233. The molecule has 7 heteroatoms. The first-order valence-electron chi connectivity index (χ1n) is 6.62. The van der Waals surface area contributed by atoms with E-state index in [1.54, 1.807) is 0 Å². The first-order chi connectivity index (χ1) is 9.85. The summed E-state index contributed by atoms with van der Waals surface area (Å²) in [7, 11) is 0. The topological polar surface area (TPSA) is 119 Å². The third-order valence-electron chi connectivity index (χ3n) is 2.85. The van der Waals surface area contributed by atoms with Crippen LogP contribution in [-0.4, -0.2) is 45.2 Å². The highest BCUT2D eigenvalue weighted by Crippen LogP contribution is 2.24. The molecule has 1 rings (SSSR count). The maximum absolute atomic E-state index is 12.5. The van der Waals surface area contributed by atoms with Crippen molar-refractivity contribution in [1.82, 2.24) is 4.90 Å². The number of phenols is 2. The van der Waals surface area contributed by atoms with Crippen LogP contribution in [0.3, 0.4) is 0 Å². The van der Waals surface area contributed by atoms with Crippen molar-refractivity contribution in [3.8, 4) is 11.5 Å². The van der Waals surface area contributed by atoms with Gasteiger partial charge in [-0.15, -0.1) is 0 Å². The van der Waals surface area contributed by atoms with Crippen LogP contribution in [0.4, 0.5) is 0 Å². The highest BCUT2D eigenvalue weighted by molar-refractivity contribution is 5.97. The average molecular weight is 295 g/mol. The molecule has 0 aliphatic heterocycles. The van der Waals surface area contributed by atoms with Gasteiger partial charge in [-0.3, -0.25) is 4.79 Å². The molecule has 7 nitrogen and oxygen atoms in total. The maximum atomic E-state index is 12.5. The van der Waals surface area contributed by atoms with Crippen LogP contribution in [0.1, 0.15) is 30.6 Å². The van der Waals surface area contributed by atoms with Crippen molar-refractivity contribution in [2.75, 3.05) is 13.1 Å². The van der Waals surface area contributed by atoms with E-state index in [1.807, 2.05) is 13.8 Å². The fourth-order valence-electron chi connectivity index (χ4n) is 1.88. The summed E-state index contributed by atoms with van der Waals surface area (Å²) in [4.78, 5) is 14.0. The van der Waals surface area contributed by atoms with E-state index in [9.17, 15) is 15.0 Å². The summed E-state index contributed by atoms with van der Waals surface area (Å²) in [6, 6.07) is 3.78. The predicted molar refractivity (Wildman–Crippen MR) is 78.5 cm³/mol. The number of hydrogen-bond acceptors (Lipinski definition) is 5. The summed E-state index contributed by atoms with van der Waals surface area (Å²) in [6.07, 6.45) is 0.217. The molecule has 5 N–H and O–H groups in total. The molecule has 0 aliphatic carbocycles. The van der Waals surface area contributed by atoms with Crippen molar-refractivity contribution >= 4 is 11.7 Å². The van der Waals surface area contributed by atoms with Crippen molar-refractivity contribution in [3.63, 3.8) is 0 Å². The van der Waals surface area contributed by atoms with E-state index >= 15 is 0 Å². The molecule has 0 bridgehead atoms. The van der Waals surface area contributed by atoms with Gasteiger partial charge in [0.05, 0.1) is 5.56 Å². The van der Waals surface area contributed by atoms with Crippen LogP contribution in [0.25, 0.3) is 0 Å². The Morgan fingerprint density at radius 2 is 2.05 bits per heavy atom. The van der Waals surface area contributed by atoms with E-state index < -0.39 is 5.91 Å². The molecule has 116 valence electrons. The fourth-order valence-corrected chi connectivity index (χ4v) is 1.88. The van der Waals surface area contributed by atoms with Gasteiger partial charge in [0.1, 0.15) is 17.3 Å². The fraction of sp³-hybridized carbons (Fsp3) is 0.429. The molecule has 0 saturated heterocycles. The van der Waals surface area contributed by atoms with Crippen molar-refractivity contribution in [2.45, 2.75) is 20.3 Å². The highest BCUT2D eigenvalue weighted by atomic mass is 16.4. The Balaban J connectivity index is 2.96. The maximum Gasteiger partial charge on any atom is 0.257 e. The molecule has 1 aromatic carbocycles. The Morgan fingerprint density at radius 1 is 1.38 bits per heavy atom. The van der Waals surface area contributed by atoms with Crippen LogP contribution >= 0.6 is 0 Å². The van der Waals surface area contributed by atoms with Crippen LogP contribution in [0.5, 0.6) is 11.5 Å². The molecule has 0 aliphatic rings. The van der Waals surface area contributed by atoms with Crippen LogP contribution in [0.2, 0.25) is 0 Å². The lowest BCUT2D eigenvalue weighted by Gasteiger charge is -2.25. The molecule has 0 aromatic heterocycles. The van der Waals surface area contributed by atoms with E-state index in [1.165, 1.54) is 23.1 Å². The number of carbonyl (C=O) groups is 1. The zero-order chi connectivity index (χ0) is 16.0. The van der Waals surface area contributed by atoms with Gasteiger partial charge in [0.2, 0.25) is 0 Å². The van der Waals surface area contributed by atoms with Crippen molar-refractivity contribution < 1.29 is 20.2 Å².